The highest BCUT2D eigenvalue weighted by atomic mass is 35.5. The molecular formula is C22H25Cl3N2O2S. The van der Waals surface area contributed by atoms with Gasteiger partial charge in [0.1, 0.15) is 6.04 Å². The Kier molecular flexibility index (Phi) is 9.82. The highest BCUT2D eigenvalue weighted by Gasteiger charge is 2.26. The highest BCUT2D eigenvalue weighted by molar-refractivity contribution is 7.99. The second kappa shape index (κ2) is 11.8. The molecule has 1 atom stereocenters. The third-order valence-corrected chi connectivity index (χ3v) is 6.47. The lowest BCUT2D eigenvalue weighted by Gasteiger charge is -2.29. The minimum Gasteiger partial charge on any atom is -0.352 e. The molecule has 0 fully saturated rings. The van der Waals surface area contributed by atoms with Gasteiger partial charge in [0.05, 0.1) is 15.8 Å². The summed E-state index contributed by atoms with van der Waals surface area (Å²) in [5, 5.41) is 4.42. The third-order valence-electron chi connectivity index (χ3n) is 4.38. The van der Waals surface area contributed by atoms with E-state index in [0.717, 1.165) is 11.1 Å². The summed E-state index contributed by atoms with van der Waals surface area (Å²) in [7, 11) is 0. The van der Waals surface area contributed by atoms with Crippen LogP contribution in [0.1, 0.15) is 31.9 Å². The predicted octanol–water partition coefficient (Wildman–Crippen LogP) is 5.82. The summed E-state index contributed by atoms with van der Waals surface area (Å²) in [5.74, 6) is 0.505. The molecule has 4 nitrogen and oxygen atoms in total. The van der Waals surface area contributed by atoms with E-state index >= 15 is 0 Å². The standard InChI is InChI=1S/C22H25Cl3N2O2S/c1-14(2)26-22(29)15(3)27(11-17-6-4-5-7-18(17)23)21(28)13-30-12-16-8-9-19(24)20(25)10-16/h4-10,14-15H,11-13H2,1-3H3,(H,26,29)/t15-/m0/s1. The van der Waals surface area contributed by atoms with Gasteiger partial charge in [0.15, 0.2) is 0 Å². The molecule has 0 aromatic heterocycles. The predicted molar refractivity (Wildman–Crippen MR) is 127 cm³/mol. The molecule has 1 N–H and O–H groups in total. The Morgan fingerprint density at radius 3 is 2.33 bits per heavy atom. The molecular weight excluding hydrogens is 463 g/mol. The van der Waals surface area contributed by atoms with Gasteiger partial charge in [-0.15, -0.1) is 11.8 Å². The molecule has 2 rings (SSSR count). The second-order valence-corrected chi connectivity index (χ2v) is 9.40. The van der Waals surface area contributed by atoms with Crippen LogP contribution in [0.3, 0.4) is 0 Å². The summed E-state index contributed by atoms with van der Waals surface area (Å²) in [5.41, 5.74) is 1.77. The zero-order valence-electron chi connectivity index (χ0n) is 17.1. The fourth-order valence-corrected chi connectivity index (χ4v) is 4.14. The molecule has 0 aliphatic carbocycles. The molecule has 0 saturated heterocycles. The molecule has 8 heteroatoms. The number of amides is 2. The smallest absolute Gasteiger partial charge is 0.242 e. The number of benzene rings is 2. The first-order chi connectivity index (χ1) is 14.2. The molecule has 0 unspecified atom stereocenters. The summed E-state index contributed by atoms with van der Waals surface area (Å²) in [6, 6.07) is 12.1. The van der Waals surface area contributed by atoms with Crippen LogP contribution in [0, 0.1) is 0 Å². The van der Waals surface area contributed by atoms with Crippen molar-refractivity contribution < 1.29 is 9.59 Å². The lowest BCUT2D eigenvalue weighted by Crippen LogP contribution is -2.49. The van der Waals surface area contributed by atoms with Gasteiger partial charge in [-0.2, -0.15) is 0 Å². The Morgan fingerprint density at radius 2 is 1.70 bits per heavy atom. The summed E-state index contributed by atoms with van der Waals surface area (Å²) in [6.45, 7) is 5.77. The molecule has 0 aliphatic heterocycles. The van der Waals surface area contributed by atoms with Crippen LogP contribution in [0.5, 0.6) is 0 Å². The van der Waals surface area contributed by atoms with Crippen molar-refractivity contribution in [3.8, 4) is 0 Å². The topological polar surface area (TPSA) is 49.4 Å². The number of thioether (sulfide) groups is 1. The molecule has 2 aromatic carbocycles. The first kappa shape index (κ1) is 24.9. The molecule has 2 aromatic rings. The van der Waals surface area contributed by atoms with E-state index in [4.69, 9.17) is 34.8 Å². The van der Waals surface area contributed by atoms with E-state index in [1.807, 2.05) is 38.1 Å². The van der Waals surface area contributed by atoms with E-state index in [2.05, 4.69) is 5.32 Å². The fraction of sp³-hybridized carbons (Fsp3) is 0.364. The van der Waals surface area contributed by atoms with E-state index in [1.54, 1.807) is 30.0 Å². The lowest BCUT2D eigenvalue weighted by atomic mass is 10.1. The number of halogens is 3. The quantitative estimate of drug-likeness (QED) is 0.485. The van der Waals surface area contributed by atoms with Crippen LogP contribution in [0.25, 0.3) is 0 Å². The number of carbonyl (C=O) groups is 2. The van der Waals surface area contributed by atoms with E-state index < -0.39 is 6.04 Å². The molecule has 0 aliphatic rings. The molecule has 0 saturated carbocycles. The Bertz CT molecular complexity index is 892. The number of nitrogens with zero attached hydrogens (tertiary/aromatic N) is 1. The maximum atomic E-state index is 13.0. The Balaban J connectivity index is 2.09. The number of hydrogen-bond donors (Lipinski definition) is 1. The number of rotatable bonds is 9. The van der Waals surface area contributed by atoms with Gasteiger partial charge in [-0.05, 0) is 50.1 Å². The van der Waals surface area contributed by atoms with Crippen molar-refractivity contribution in [3.63, 3.8) is 0 Å². The first-order valence-electron chi connectivity index (χ1n) is 9.54. The lowest BCUT2D eigenvalue weighted by molar-refractivity contribution is -0.138. The van der Waals surface area contributed by atoms with Crippen molar-refractivity contribution in [2.24, 2.45) is 0 Å². The maximum Gasteiger partial charge on any atom is 0.242 e. The van der Waals surface area contributed by atoms with Gasteiger partial charge in [0, 0.05) is 23.4 Å². The summed E-state index contributed by atoms with van der Waals surface area (Å²) < 4.78 is 0. The largest absolute Gasteiger partial charge is 0.352 e. The van der Waals surface area contributed by atoms with Gasteiger partial charge in [-0.25, -0.2) is 0 Å². The van der Waals surface area contributed by atoms with Crippen LogP contribution in [0.15, 0.2) is 42.5 Å². The van der Waals surface area contributed by atoms with Crippen LogP contribution in [-0.2, 0) is 21.9 Å². The van der Waals surface area contributed by atoms with Crippen LogP contribution in [-0.4, -0.2) is 34.6 Å². The normalized spacial score (nSPS) is 12.0. The van der Waals surface area contributed by atoms with Crippen molar-refractivity contribution in [1.29, 1.82) is 0 Å². The average molecular weight is 488 g/mol. The monoisotopic (exact) mass is 486 g/mol. The van der Waals surface area contributed by atoms with Crippen molar-refractivity contribution in [3.05, 3.63) is 68.7 Å². The second-order valence-electron chi connectivity index (χ2n) is 7.19. The van der Waals surface area contributed by atoms with Gasteiger partial charge in [0.25, 0.3) is 0 Å². The average Bonchev–Trinajstić information content (AvgIpc) is 2.69. The number of hydrogen-bond acceptors (Lipinski definition) is 3. The maximum absolute atomic E-state index is 13.0. The van der Waals surface area contributed by atoms with E-state index in [-0.39, 0.29) is 30.2 Å². The number of carbonyl (C=O) groups excluding carboxylic acids is 2. The minimum atomic E-state index is -0.623. The van der Waals surface area contributed by atoms with Crippen LogP contribution < -0.4 is 5.32 Å². The van der Waals surface area contributed by atoms with Crippen LogP contribution >= 0.6 is 46.6 Å². The third kappa shape index (κ3) is 7.38. The van der Waals surface area contributed by atoms with E-state index in [1.165, 1.54) is 11.8 Å². The van der Waals surface area contributed by atoms with Crippen molar-refractivity contribution >= 4 is 58.4 Å². The van der Waals surface area contributed by atoms with E-state index in [9.17, 15) is 9.59 Å². The van der Waals surface area contributed by atoms with Gasteiger partial charge >= 0.3 is 0 Å². The minimum absolute atomic E-state index is 0.0127. The fourth-order valence-electron chi connectivity index (χ4n) is 2.77. The van der Waals surface area contributed by atoms with Gasteiger partial charge in [-0.3, -0.25) is 9.59 Å². The Labute approximate surface area is 197 Å². The first-order valence-corrected chi connectivity index (χ1v) is 11.8. The van der Waals surface area contributed by atoms with Gasteiger partial charge in [-0.1, -0.05) is 59.1 Å². The summed E-state index contributed by atoms with van der Waals surface area (Å²) >= 11 is 19.7. The molecule has 0 spiro atoms. The highest BCUT2D eigenvalue weighted by Crippen LogP contribution is 2.25. The molecule has 0 bridgehead atoms. The summed E-state index contributed by atoms with van der Waals surface area (Å²) in [6.07, 6.45) is 0. The van der Waals surface area contributed by atoms with Crippen LogP contribution in [0.2, 0.25) is 15.1 Å². The van der Waals surface area contributed by atoms with Crippen molar-refractivity contribution in [2.75, 3.05) is 5.75 Å². The molecule has 30 heavy (non-hydrogen) atoms. The molecule has 0 heterocycles. The zero-order valence-corrected chi connectivity index (χ0v) is 20.2. The van der Waals surface area contributed by atoms with Crippen molar-refractivity contribution in [2.45, 2.75) is 45.2 Å². The number of nitrogens with one attached hydrogen (secondary N) is 1. The Hall–Kier alpha value is -1.40. The van der Waals surface area contributed by atoms with Gasteiger partial charge in [0.2, 0.25) is 11.8 Å². The molecule has 2 amide bonds. The van der Waals surface area contributed by atoms with Gasteiger partial charge < -0.3 is 10.2 Å². The van der Waals surface area contributed by atoms with E-state index in [0.29, 0.717) is 20.8 Å². The molecule has 162 valence electrons. The van der Waals surface area contributed by atoms with Crippen LogP contribution in [0.4, 0.5) is 0 Å². The van der Waals surface area contributed by atoms with Crippen molar-refractivity contribution in [1.82, 2.24) is 10.2 Å². The SMILES string of the molecule is CC(C)NC(=O)[C@H](C)N(Cc1ccccc1Cl)C(=O)CSCc1ccc(Cl)c(Cl)c1. The molecule has 0 radical (unpaired) electrons. The zero-order chi connectivity index (χ0) is 22.3. The Morgan fingerprint density at radius 1 is 1.00 bits per heavy atom. The summed E-state index contributed by atoms with van der Waals surface area (Å²) in [4.78, 5) is 27.2.